The van der Waals surface area contributed by atoms with Crippen molar-refractivity contribution in [3.8, 4) is 0 Å². The molecule has 2 rings (SSSR count). The van der Waals surface area contributed by atoms with E-state index in [-0.39, 0.29) is 5.91 Å². The lowest BCUT2D eigenvalue weighted by Gasteiger charge is -2.03. The first-order valence-corrected chi connectivity index (χ1v) is 6.50. The Labute approximate surface area is 108 Å². The van der Waals surface area contributed by atoms with Crippen LogP contribution in [0.4, 0.5) is 0 Å². The highest BCUT2D eigenvalue weighted by Gasteiger charge is 2.03. The lowest BCUT2D eigenvalue weighted by atomic mass is 10.3. The molecule has 1 N–H and O–H groups in total. The summed E-state index contributed by atoms with van der Waals surface area (Å²) < 4.78 is 1.61. The summed E-state index contributed by atoms with van der Waals surface area (Å²) in [6.07, 6.45) is 2.71. The number of nitrogens with zero attached hydrogens (tertiary/aromatic N) is 5. The number of hydrogen-bond donors (Lipinski definition) is 1. The van der Waals surface area contributed by atoms with Crippen LogP contribution >= 0.6 is 11.3 Å². The zero-order valence-electron chi connectivity index (χ0n) is 10.0. The van der Waals surface area contributed by atoms with Gasteiger partial charge in [0.2, 0.25) is 5.91 Å². The van der Waals surface area contributed by atoms with Crippen molar-refractivity contribution in [2.75, 3.05) is 0 Å². The summed E-state index contributed by atoms with van der Waals surface area (Å²) in [5, 5.41) is 16.6. The lowest BCUT2D eigenvalue weighted by molar-refractivity contribution is -0.121. The molecule has 0 aliphatic heterocycles. The first kappa shape index (κ1) is 12.6. The van der Waals surface area contributed by atoms with Gasteiger partial charge in [-0.25, -0.2) is 9.67 Å². The molecule has 18 heavy (non-hydrogen) atoms. The number of rotatable bonds is 6. The van der Waals surface area contributed by atoms with E-state index in [1.165, 1.54) is 6.33 Å². The molecule has 2 aromatic heterocycles. The topological polar surface area (TPSA) is 85.6 Å². The van der Waals surface area contributed by atoms with E-state index in [0.29, 0.717) is 25.9 Å². The van der Waals surface area contributed by atoms with Crippen molar-refractivity contribution >= 4 is 17.2 Å². The molecular weight excluding hydrogens is 252 g/mol. The maximum Gasteiger partial charge on any atom is 0.220 e. The molecule has 0 unspecified atom stereocenters. The fourth-order valence-corrected chi connectivity index (χ4v) is 2.06. The third-order valence-electron chi connectivity index (χ3n) is 2.32. The minimum atomic E-state index is 0.0220. The van der Waals surface area contributed by atoms with Crippen molar-refractivity contribution in [2.24, 2.45) is 0 Å². The van der Waals surface area contributed by atoms with E-state index in [1.54, 1.807) is 16.0 Å². The van der Waals surface area contributed by atoms with E-state index < -0.39 is 0 Å². The van der Waals surface area contributed by atoms with E-state index in [1.807, 2.05) is 12.3 Å². The molecule has 0 fully saturated rings. The second-order valence-electron chi connectivity index (χ2n) is 3.81. The summed E-state index contributed by atoms with van der Waals surface area (Å²) in [6, 6.07) is 0. The Hall–Kier alpha value is -1.83. The average molecular weight is 266 g/mol. The van der Waals surface area contributed by atoms with Crippen LogP contribution in [0.15, 0.2) is 11.7 Å². The lowest BCUT2D eigenvalue weighted by Crippen LogP contribution is -2.23. The number of amides is 1. The summed E-state index contributed by atoms with van der Waals surface area (Å²) in [4.78, 5) is 15.8. The molecule has 2 aromatic rings. The minimum absolute atomic E-state index is 0.0220. The molecule has 0 spiro atoms. The zero-order chi connectivity index (χ0) is 12.8. The van der Waals surface area contributed by atoms with Crippen molar-refractivity contribution in [1.82, 2.24) is 30.5 Å². The number of carbonyl (C=O) groups excluding carboxylic acids is 1. The van der Waals surface area contributed by atoms with E-state index in [2.05, 4.69) is 25.8 Å². The van der Waals surface area contributed by atoms with Gasteiger partial charge in [-0.3, -0.25) is 4.79 Å². The van der Waals surface area contributed by atoms with Crippen LogP contribution in [0.3, 0.4) is 0 Å². The highest BCUT2D eigenvalue weighted by molar-refractivity contribution is 7.09. The van der Waals surface area contributed by atoms with Crippen LogP contribution in [-0.4, -0.2) is 31.1 Å². The second-order valence-corrected chi connectivity index (χ2v) is 4.87. The van der Waals surface area contributed by atoms with Gasteiger partial charge in [0, 0.05) is 18.3 Å². The zero-order valence-corrected chi connectivity index (χ0v) is 10.9. The fraction of sp³-hybridized carbons (Fsp3) is 0.500. The monoisotopic (exact) mass is 266 g/mol. The number of carbonyl (C=O) groups is 1. The molecule has 7 nitrogen and oxygen atoms in total. The fourth-order valence-electron chi connectivity index (χ4n) is 1.45. The number of aryl methyl sites for hydroxylation is 2. The summed E-state index contributed by atoms with van der Waals surface area (Å²) in [5.74, 6) is 0.0220. The van der Waals surface area contributed by atoms with Crippen molar-refractivity contribution in [3.05, 3.63) is 22.4 Å². The standard InChI is InChI=1S/C10H14N6OS/c1-8-13-9(6-18-8)5-11-10(17)3-2-4-16-7-12-14-15-16/h6-7H,2-5H2,1H3,(H,11,17). The Balaban J connectivity index is 1.63. The summed E-state index contributed by atoms with van der Waals surface area (Å²) >= 11 is 1.58. The van der Waals surface area contributed by atoms with Crippen molar-refractivity contribution in [2.45, 2.75) is 32.9 Å². The van der Waals surface area contributed by atoms with Crippen LogP contribution in [-0.2, 0) is 17.9 Å². The average Bonchev–Trinajstić information content (AvgIpc) is 2.98. The highest BCUT2D eigenvalue weighted by atomic mass is 32.1. The summed E-state index contributed by atoms with van der Waals surface area (Å²) in [5.41, 5.74) is 0.909. The molecular formula is C10H14N6OS. The van der Waals surface area contributed by atoms with Gasteiger partial charge in [0.15, 0.2) is 0 Å². The van der Waals surface area contributed by atoms with E-state index in [9.17, 15) is 4.79 Å². The maximum absolute atomic E-state index is 11.6. The van der Waals surface area contributed by atoms with Crippen molar-refractivity contribution < 1.29 is 4.79 Å². The third-order valence-corrected chi connectivity index (χ3v) is 3.14. The SMILES string of the molecule is Cc1nc(CNC(=O)CCCn2cnnn2)cs1. The van der Waals surface area contributed by atoms with Gasteiger partial charge >= 0.3 is 0 Å². The third kappa shape index (κ3) is 3.88. The van der Waals surface area contributed by atoms with Gasteiger partial charge in [0.05, 0.1) is 17.2 Å². The second kappa shape index (κ2) is 6.20. The first-order chi connectivity index (χ1) is 8.74. The molecule has 2 heterocycles. The van der Waals surface area contributed by atoms with Gasteiger partial charge in [-0.15, -0.1) is 16.4 Å². The normalized spacial score (nSPS) is 10.5. The molecule has 0 saturated heterocycles. The Morgan fingerprint density at radius 2 is 2.44 bits per heavy atom. The van der Waals surface area contributed by atoms with Gasteiger partial charge < -0.3 is 5.32 Å². The van der Waals surface area contributed by atoms with Crippen LogP contribution < -0.4 is 5.32 Å². The smallest absolute Gasteiger partial charge is 0.220 e. The molecule has 0 radical (unpaired) electrons. The van der Waals surface area contributed by atoms with Crippen molar-refractivity contribution in [3.63, 3.8) is 0 Å². The van der Waals surface area contributed by atoms with Gasteiger partial charge in [-0.05, 0) is 23.8 Å². The number of hydrogen-bond acceptors (Lipinski definition) is 6. The first-order valence-electron chi connectivity index (χ1n) is 5.62. The van der Waals surface area contributed by atoms with Gasteiger partial charge in [-0.2, -0.15) is 0 Å². The van der Waals surface area contributed by atoms with E-state index in [0.717, 1.165) is 10.7 Å². The predicted molar refractivity (Wildman–Crippen MR) is 65.7 cm³/mol. The molecule has 96 valence electrons. The van der Waals surface area contributed by atoms with Crippen LogP contribution in [0.1, 0.15) is 23.5 Å². The molecule has 1 amide bonds. The molecule has 0 aliphatic rings. The minimum Gasteiger partial charge on any atom is -0.350 e. The van der Waals surface area contributed by atoms with Crippen LogP contribution in [0, 0.1) is 6.92 Å². The van der Waals surface area contributed by atoms with Crippen molar-refractivity contribution in [1.29, 1.82) is 0 Å². The highest BCUT2D eigenvalue weighted by Crippen LogP contribution is 2.07. The molecule has 0 aromatic carbocycles. The quantitative estimate of drug-likeness (QED) is 0.824. The molecule has 0 atom stereocenters. The van der Waals surface area contributed by atoms with E-state index >= 15 is 0 Å². The molecule has 0 bridgehead atoms. The molecule has 0 aliphatic carbocycles. The number of nitrogens with one attached hydrogen (secondary N) is 1. The van der Waals surface area contributed by atoms with Crippen LogP contribution in [0.25, 0.3) is 0 Å². The van der Waals surface area contributed by atoms with Crippen LogP contribution in [0.2, 0.25) is 0 Å². The van der Waals surface area contributed by atoms with Gasteiger partial charge in [-0.1, -0.05) is 0 Å². The number of aromatic nitrogens is 5. The molecule has 8 heteroatoms. The van der Waals surface area contributed by atoms with Crippen LogP contribution in [0.5, 0.6) is 0 Å². The summed E-state index contributed by atoms with van der Waals surface area (Å²) in [7, 11) is 0. The molecule has 0 saturated carbocycles. The largest absolute Gasteiger partial charge is 0.350 e. The Morgan fingerprint density at radius 3 is 3.11 bits per heavy atom. The van der Waals surface area contributed by atoms with Gasteiger partial charge in [0.1, 0.15) is 6.33 Å². The number of thiazole rings is 1. The van der Waals surface area contributed by atoms with E-state index in [4.69, 9.17) is 0 Å². The Kier molecular flexibility index (Phi) is 4.35. The Bertz CT molecular complexity index is 494. The predicted octanol–water partition coefficient (Wildman–Crippen LogP) is 0.535. The summed E-state index contributed by atoms with van der Waals surface area (Å²) in [6.45, 7) is 3.09. The maximum atomic E-state index is 11.6. The Morgan fingerprint density at radius 1 is 1.56 bits per heavy atom. The number of tetrazole rings is 1. The van der Waals surface area contributed by atoms with Gasteiger partial charge in [0.25, 0.3) is 0 Å².